The number of nitrogens with zero attached hydrogens (tertiary/aromatic N) is 1. The van der Waals surface area contributed by atoms with Gasteiger partial charge in [-0.25, -0.2) is 0 Å². The molecule has 158 valence electrons. The minimum atomic E-state index is 0.647. The first-order valence-corrected chi connectivity index (χ1v) is 10.0. The molecule has 5 heteroatoms. The third kappa shape index (κ3) is 4.40. The van der Waals surface area contributed by atoms with Gasteiger partial charge in [0, 0.05) is 18.0 Å². The SMILES string of the molecule is COc1ccc(Cc2nccc3cc(OC)c(Oc4ccc(C)cc4)cc23)cc1OC. The van der Waals surface area contributed by atoms with Crippen LogP contribution < -0.4 is 18.9 Å². The van der Waals surface area contributed by atoms with E-state index in [4.69, 9.17) is 18.9 Å². The smallest absolute Gasteiger partial charge is 0.169 e. The number of aromatic nitrogens is 1. The highest BCUT2D eigenvalue weighted by molar-refractivity contribution is 5.88. The van der Waals surface area contributed by atoms with E-state index < -0.39 is 0 Å². The van der Waals surface area contributed by atoms with E-state index in [1.165, 1.54) is 5.56 Å². The maximum Gasteiger partial charge on any atom is 0.169 e. The molecular formula is C26H25NO4. The van der Waals surface area contributed by atoms with Crippen molar-refractivity contribution in [2.45, 2.75) is 13.3 Å². The Balaban J connectivity index is 1.73. The first kappa shape index (κ1) is 20.5. The largest absolute Gasteiger partial charge is 0.493 e. The summed E-state index contributed by atoms with van der Waals surface area (Å²) in [6.07, 6.45) is 2.46. The fourth-order valence-electron chi connectivity index (χ4n) is 3.54. The van der Waals surface area contributed by atoms with Crippen LogP contribution in [0, 0.1) is 6.92 Å². The molecule has 0 unspecified atom stereocenters. The average Bonchev–Trinajstić information content (AvgIpc) is 2.80. The number of pyridine rings is 1. The van der Waals surface area contributed by atoms with Crippen LogP contribution in [-0.4, -0.2) is 26.3 Å². The lowest BCUT2D eigenvalue weighted by molar-refractivity contribution is 0.354. The van der Waals surface area contributed by atoms with Crippen LogP contribution in [0.4, 0.5) is 0 Å². The number of rotatable bonds is 7. The number of ether oxygens (including phenoxy) is 4. The Bertz CT molecular complexity index is 1200. The quantitative estimate of drug-likeness (QED) is 0.373. The van der Waals surface area contributed by atoms with Gasteiger partial charge < -0.3 is 18.9 Å². The van der Waals surface area contributed by atoms with Crippen molar-refractivity contribution in [1.29, 1.82) is 0 Å². The zero-order valence-corrected chi connectivity index (χ0v) is 18.1. The van der Waals surface area contributed by atoms with E-state index >= 15 is 0 Å². The van der Waals surface area contributed by atoms with Crippen LogP contribution in [0.25, 0.3) is 10.8 Å². The zero-order chi connectivity index (χ0) is 21.8. The standard InChI is InChI=1S/C26H25NO4/c1-17-5-8-20(9-6-17)31-26-16-21-19(15-25(26)30-4)11-12-27-22(21)13-18-7-10-23(28-2)24(14-18)29-3/h5-12,14-16H,13H2,1-4H3. The summed E-state index contributed by atoms with van der Waals surface area (Å²) in [5.74, 6) is 3.49. The third-order valence-corrected chi connectivity index (χ3v) is 5.20. The van der Waals surface area contributed by atoms with Crippen molar-refractivity contribution in [2.75, 3.05) is 21.3 Å². The Morgan fingerprint density at radius 2 is 1.42 bits per heavy atom. The fourth-order valence-corrected chi connectivity index (χ4v) is 3.54. The van der Waals surface area contributed by atoms with Gasteiger partial charge in [-0.1, -0.05) is 23.8 Å². The van der Waals surface area contributed by atoms with Crippen molar-refractivity contribution in [3.63, 3.8) is 0 Å². The molecule has 4 rings (SSSR count). The summed E-state index contributed by atoms with van der Waals surface area (Å²) in [6.45, 7) is 2.05. The predicted molar refractivity (Wildman–Crippen MR) is 122 cm³/mol. The lowest BCUT2D eigenvalue weighted by Crippen LogP contribution is -1.97. The number of methoxy groups -OCH3 is 3. The Labute approximate surface area is 182 Å². The van der Waals surface area contributed by atoms with E-state index in [2.05, 4.69) is 4.98 Å². The van der Waals surface area contributed by atoms with Gasteiger partial charge in [0.1, 0.15) is 5.75 Å². The number of aryl methyl sites for hydroxylation is 1. The molecule has 0 radical (unpaired) electrons. The van der Waals surface area contributed by atoms with Crippen molar-refractivity contribution in [1.82, 2.24) is 4.98 Å². The minimum absolute atomic E-state index is 0.647. The van der Waals surface area contributed by atoms with Gasteiger partial charge in [0.2, 0.25) is 0 Å². The van der Waals surface area contributed by atoms with Gasteiger partial charge in [-0.05, 0) is 60.3 Å². The van der Waals surface area contributed by atoms with Crippen LogP contribution in [0.5, 0.6) is 28.7 Å². The number of fused-ring (bicyclic) bond motifs is 1. The molecule has 0 bridgehead atoms. The average molecular weight is 415 g/mol. The van der Waals surface area contributed by atoms with Crippen LogP contribution in [0.1, 0.15) is 16.8 Å². The molecule has 0 spiro atoms. The monoisotopic (exact) mass is 415 g/mol. The van der Waals surface area contributed by atoms with Crippen LogP contribution in [0.2, 0.25) is 0 Å². The highest BCUT2D eigenvalue weighted by Gasteiger charge is 2.13. The molecule has 31 heavy (non-hydrogen) atoms. The lowest BCUT2D eigenvalue weighted by atomic mass is 10.0. The highest BCUT2D eigenvalue weighted by Crippen LogP contribution is 2.37. The Hall–Kier alpha value is -3.73. The van der Waals surface area contributed by atoms with Crippen molar-refractivity contribution in [2.24, 2.45) is 0 Å². The molecule has 0 aliphatic heterocycles. The molecule has 1 heterocycles. The minimum Gasteiger partial charge on any atom is -0.493 e. The van der Waals surface area contributed by atoms with Crippen molar-refractivity contribution in [3.8, 4) is 28.7 Å². The van der Waals surface area contributed by atoms with Gasteiger partial charge in [0.25, 0.3) is 0 Å². The molecule has 0 fully saturated rings. The van der Waals surface area contributed by atoms with Gasteiger partial charge >= 0.3 is 0 Å². The summed E-state index contributed by atoms with van der Waals surface area (Å²) in [6, 6.07) is 19.8. The maximum atomic E-state index is 6.15. The molecular weight excluding hydrogens is 390 g/mol. The fraction of sp³-hybridized carbons (Fsp3) is 0.192. The first-order valence-electron chi connectivity index (χ1n) is 10.0. The molecule has 0 saturated heterocycles. The molecule has 3 aromatic carbocycles. The van der Waals surface area contributed by atoms with Crippen LogP contribution in [0.3, 0.4) is 0 Å². The Morgan fingerprint density at radius 3 is 2.13 bits per heavy atom. The third-order valence-electron chi connectivity index (χ3n) is 5.20. The van der Waals surface area contributed by atoms with E-state index in [9.17, 15) is 0 Å². The molecule has 1 aromatic heterocycles. The van der Waals surface area contributed by atoms with E-state index in [0.29, 0.717) is 29.4 Å². The van der Waals surface area contributed by atoms with Crippen molar-refractivity contribution >= 4 is 10.8 Å². The second kappa shape index (κ2) is 8.96. The molecule has 0 N–H and O–H groups in total. The van der Waals surface area contributed by atoms with Crippen molar-refractivity contribution in [3.05, 3.63) is 83.7 Å². The van der Waals surface area contributed by atoms with E-state index in [0.717, 1.165) is 27.8 Å². The lowest BCUT2D eigenvalue weighted by Gasteiger charge is -2.14. The van der Waals surface area contributed by atoms with E-state index in [-0.39, 0.29) is 0 Å². The molecule has 0 amide bonds. The Kier molecular flexibility index (Phi) is 5.94. The van der Waals surface area contributed by atoms with Crippen LogP contribution >= 0.6 is 0 Å². The van der Waals surface area contributed by atoms with Crippen molar-refractivity contribution < 1.29 is 18.9 Å². The summed E-state index contributed by atoms with van der Waals surface area (Å²) in [4.78, 5) is 4.65. The summed E-state index contributed by atoms with van der Waals surface area (Å²) < 4.78 is 22.5. The zero-order valence-electron chi connectivity index (χ0n) is 18.1. The normalized spacial score (nSPS) is 10.7. The second-order valence-electron chi connectivity index (χ2n) is 7.26. The first-order chi connectivity index (χ1) is 15.1. The number of benzene rings is 3. The molecule has 0 atom stereocenters. The highest BCUT2D eigenvalue weighted by atomic mass is 16.5. The molecule has 4 aromatic rings. The summed E-state index contributed by atoms with van der Waals surface area (Å²) in [7, 11) is 4.92. The second-order valence-corrected chi connectivity index (χ2v) is 7.26. The summed E-state index contributed by atoms with van der Waals surface area (Å²) >= 11 is 0. The molecule has 0 aliphatic rings. The summed E-state index contributed by atoms with van der Waals surface area (Å²) in [5, 5.41) is 2.05. The van der Waals surface area contributed by atoms with E-state index in [1.807, 2.05) is 73.8 Å². The van der Waals surface area contributed by atoms with Gasteiger partial charge in [-0.2, -0.15) is 0 Å². The van der Waals surface area contributed by atoms with Crippen LogP contribution in [-0.2, 0) is 6.42 Å². The maximum absolute atomic E-state index is 6.15. The molecule has 5 nitrogen and oxygen atoms in total. The number of hydrogen-bond donors (Lipinski definition) is 0. The topological polar surface area (TPSA) is 49.8 Å². The van der Waals surface area contributed by atoms with Crippen LogP contribution in [0.15, 0.2) is 66.9 Å². The molecule has 0 saturated carbocycles. The van der Waals surface area contributed by atoms with E-state index in [1.54, 1.807) is 21.3 Å². The van der Waals surface area contributed by atoms with Gasteiger partial charge in [-0.3, -0.25) is 4.98 Å². The van der Waals surface area contributed by atoms with Gasteiger partial charge in [-0.15, -0.1) is 0 Å². The Morgan fingerprint density at radius 1 is 0.710 bits per heavy atom. The van der Waals surface area contributed by atoms with Gasteiger partial charge in [0.15, 0.2) is 23.0 Å². The predicted octanol–water partition coefficient (Wildman–Crippen LogP) is 5.95. The molecule has 0 aliphatic carbocycles. The number of hydrogen-bond acceptors (Lipinski definition) is 5. The summed E-state index contributed by atoms with van der Waals surface area (Å²) in [5.41, 5.74) is 3.20. The van der Waals surface area contributed by atoms with Gasteiger partial charge in [0.05, 0.1) is 27.0 Å².